The van der Waals surface area contributed by atoms with Crippen LogP contribution in [0.15, 0.2) is 30.3 Å². The zero-order valence-electron chi connectivity index (χ0n) is 9.22. The van der Waals surface area contributed by atoms with Crippen LogP contribution in [0.25, 0.3) is 0 Å². The predicted octanol–water partition coefficient (Wildman–Crippen LogP) is 0.945. The number of ether oxygens (including phenoxy) is 2. The minimum Gasteiger partial charge on any atom is -0.464 e. The number of fused-ring (bicyclic) bond motifs is 1. The van der Waals surface area contributed by atoms with Gasteiger partial charge in [-0.05, 0) is 12.0 Å². The van der Waals surface area contributed by atoms with Gasteiger partial charge in [-0.1, -0.05) is 30.3 Å². The first kappa shape index (κ1) is 10.3. The van der Waals surface area contributed by atoms with E-state index in [4.69, 9.17) is 9.47 Å². The molecule has 4 heteroatoms. The number of benzene rings is 1. The lowest BCUT2D eigenvalue weighted by atomic mass is 9.75. The van der Waals surface area contributed by atoms with E-state index in [-0.39, 0.29) is 19.1 Å². The lowest BCUT2D eigenvalue weighted by Gasteiger charge is -2.19. The van der Waals surface area contributed by atoms with Crippen LogP contribution in [0.2, 0.25) is 0 Å². The highest BCUT2D eigenvalue weighted by Crippen LogP contribution is 2.44. The Hall–Kier alpha value is -1.84. The molecule has 0 aliphatic carbocycles. The van der Waals surface area contributed by atoms with Gasteiger partial charge in [0.05, 0.1) is 19.1 Å². The molecule has 0 spiro atoms. The summed E-state index contributed by atoms with van der Waals surface area (Å²) in [7, 11) is 0. The molecule has 0 bridgehead atoms. The molecule has 3 rings (SSSR count). The maximum Gasteiger partial charge on any atom is 0.324 e. The Morgan fingerprint density at radius 1 is 1.06 bits per heavy atom. The van der Waals surface area contributed by atoms with E-state index < -0.39 is 17.4 Å². The fourth-order valence-electron chi connectivity index (χ4n) is 2.57. The summed E-state index contributed by atoms with van der Waals surface area (Å²) in [4.78, 5) is 23.7. The average Bonchev–Trinajstić information content (AvgIpc) is 2.82. The third-order valence-electron chi connectivity index (χ3n) is 3.58. The van der Waals surface area contributed by atoms with E-state index in [1.165, 1.54) is 0 Å². The van der Waals surface area contributed by atoms with Crippen molar-refractivity contribution in [1.82, 2.24) is 0 Å². The van der Waals surface area contributed by atoms with E-state index >= 15 is 0 Å². The van der Waals surface area contributed by atoms with Crippen molar-refractivity contribution in [3.05, 3.63) is 35.9 Å². The number of carbonyl (C=O) groups is 2. The van der Waals surface area contributed by atoms with Crippen LogP contribution >= 0.6 is 0 Å². The molecule has 2 fully saturated rings. The van der Waals surface area contributed by atoms with Crippen LogP contribution in [0.4, 0.5) is 0 Å². The van der Waals surface area contributed by atoms with Gasteiger partial charge in [0.2, 0.25) is 0 Å². The van der Waals surface area contributed by atoms with Crippen molar-refractivity contribution < 1.29 is 19.1 Å². The molecule has 0 N–H and O–H groups in total. The molecule has 0 aromatic heterocycles. The van der Waals surface area contributed by atoms with E-state index in [9.17, 15) is 9.59 Å². The normalized spacial score (nSPS) is 30.9. The van der Waals surface area contributed by atoms with Crippen molar-refractivity contribution in [3.63, 3.8) is 0 Å². The molecule has 2 aliphatic rings. The van der Waals surface area contributed by atoms with Crippen molar-refractivity contribution in [2.75, 3.05) is 13.2 Å². The van der Waals surface area contributed by atoms with Gasteiger partial charge in [-0.15, -0.1) is 0 Å². The Bertz CT molecular complexity index is 446. The van der Waals surface area contributed by atoms with Gasteiger partial charge in [-0.2, -0.15) is 0 Å². The van der Waals surface area contributed by atoms with Crippen molar-refractivity contribution in [1.29, 1.82) is 0 Å². The summed E-state index contributed by atoms with van der Waals surface area (Å²) in [5, 5.41) is 0. The molecule has 0 radical (unpaired) electrons. The van der Waals surface area contributed by atoms with Crippen molar-refractivity contribution >= 4 is 11.9 Å². The summed E-state index contributed by atoms with van der Waals surface area (Å²) < 4.78 is 10.1. The summed E-state index contributed by atoms with van der Waals surface area (Å²) in [6, 6.07) is 9.49. The van der Waals surface area contributed by atoms with E-state index in [2.05, 4.69) is 0 Å². The monoisotopic (exact) mass is 232 g/mol. The maximum atomic E-state index is 11.9. The Morgan fingerprint density at radius 2 is 1.65 bits per heavy atom. The smallest absolute Gasteiger partial charge is 0.324 e. The van der Waals surface area contributed by atoms with Crippen LogP contribution in [0.3, 0.4) is 0 Å². The van der Waals surface area contributed by atoms with E-state index in [1.807, 2.05) is 30.3 Å². The SMILES string of the molecule is O=C1OCC2COC(=O)C12Cc1ccccc1. The highest BCUT2D eigenvalue weighted by atomic mass is 16.6. The van der Waals surface area contributed by atoms with Gasteiger partial charge in [-0.3, -0.25) is 9.59 Å². The molecule has 0 saturated carbocycles. The molecule has 0 amide bonds. The number of esters is 2. The van der Waals surface area contributed by atoms with Crippen LogP contribution in [-0.4, -0.2) is 25.2 Å². The molecular formula is C13H12O4. The first-order valence-electron chi connectivity index (χ1n) is 5.62. The van der Waals surface area contributed by atoms with Crippen molar-refractivity contribution in [3.8, 4) is 0 Å². The van der Waals surface area contributed by atoms with Crippen molar-refractivity contribution in [2.45, 2.75) is 6.42 Å². The molecular weight excluding hydrogens is 220 g/mol. The van der Waals surface area contributed by atoms with Crippen LogP contribution < -0.4 is 0 Å². The van der Waals surface area contributed by atoms with E-state index in [1.54, 1.807) is 0 Å². The Balaban J connectivity index is 1.98. The fraction of sp³-hybridized carbons (Fsp3) is 0.385. The van der Waals surface area contributed by atoms with Gasteiger partial charge in [-0.25, -0.2) is 0 Å². The van der Waals surface area contributed by atoms with E-state index in [0.717, 1.165) is 5.56 Å². The minimum absolute atomic E-state index is 0.136. The number of rotatable bonds is 2. The summed E-state index contributed by atoms with van der Waals surface area (Å²) in [5.74, 6) is -1.01. The quantitative estimate of drug-likeness (QED) is 0.562. The standard InChI is InChI=1S/C13H12O4/c14-11-13(6-9-4-2-1-3-5-9)10(7-16-11)8-17-12(13)15/h1-5,10H,6-8H2. The van der Waals surface area contributed by atoms with Crippen LogP contribution in [-0.2, 0) is 25.5 Å². The molecule has 2 saturated heterocycles. The third-order valence-corrected chi connectivity index (χ3v) is 3.58. The molecule has 1 aromatic rings. The summed E-state index contributed by atoms with van der Waals surface area (Å²) >= 11 is 0. The maximum absolute atomic E-state index is 11.9. The molecule has 0 atom stereocenters. The number of hydrogen-bond donors (Lipinski definition) is 0. The topological polar surface area (TPSA) is 52.6 Å². The van der Waals surface area contributed by atoms with Gasteiger partial charge < -0.3 is 9.47 Å². The average molecular weight is 232 g/mol. The first-order valence-corrected chi connectivity index (χ1v) is 5.62. The van der Waals surface area contributed by atoms with Gasteiger partial charge in [0.1, 0.15) is 0 Å². The largest absolute Gasteiger partial charge is 0.464 e. The number of cyclic esters (lactones) is 2. The fourth-order valence-corrected chi connectivity index (χ4v) is 2.57. The highest BCUT2D eigenvalue weighted by Gasteiger charge is 2.63. The second-order valence-corrected chi connectivity index (χ2v) is 4.53. The first-order chi connectivity index (χ1) is 8.23. The van der Waals surface area contributed by atoms with Crippen LogP contribution in [0, 0.1) is 11.3 Å². The van der Waals surface area contributed by atoms with Gasteiger partial charge in [0, 0.05) is 0 Å². The van der Waals surface area contributed by atoms with Crippen molar-refractivity contribution in [2.24, 2.45) is 11.3 Å². The van der Waals surface area contributed by atoms with Gasteiger partial charge in [0.15, 0.2) is 5.41 Å². The summed E-state index contributed by atoms with van der Waals surface area (Å²) in [5.41, 5.74) is -0.142. The highest BCUT2D eigenvalue weighted by molar-refractivity contribution is 6.03. The molecule has 17 heavy (non-hydrogen) atoms. The minimum atomic E-state index is -1.10. The molecule has 2 heterocycles. The number of carbonyl (C=O) groups excluding carboxylic acids is 2. The summed E-state index contributed by atoms with van der Waals surface area (Å²) in [6.45, 7) is 0.578. The van der Waals surface area contributed by atoms with Crippen LogP contribution in [0.1, 0.15) is 5.56 Å². The molecule has 88 valence electrons. The van der Waals surface area contributed by atoms with E-state index in [0.29, 0.717) is 6.42 Å². The molecule has 2 aliphatic heterocycles. The lowest BCUT2D eigenvalue weighted by Crippen LogP contribution is -2.38. The zero-order valence-corrected chi connectivity index (χ0v) is 9.22. The summed E-state index contributed by atoms with van der Waals surface area (Å²) in [6.07, 6.45) is 0.371. The molecule has 0 unspecified atom stereocenters. The lowest BCUT2D eigenvalue weighted by molar-refractivity contribution is -0.159. The Morgan fingerprint density at radius 3 is 2.24 bits per heavy atom. The second kappa shape index (κ2) is 3.58. The third kappa shape index (κ3) is 1.37. The number of hydrogen-bond acceptors (Lipinski definition) is 4. The second-order valence-electron chi connectivity index (χ2n) is 4.53. The Labute approximate surface area is 98.5 Å². The Kier molecular flexibility index (Phi) is 2.18. The molecule has 4 nitrogen and oxygen atoms in total. The molecule has 1 aromatic carbocycles. The van der Waals surface area contributed by atoms with Gasteiger partial charge >= 0.3 is 11.9 Å². The predicted molar refractivity (Wildman–Crippen MR) is 58.0 cm³/mol. The van der Waals surface area contributed by atoms with Crippen LogP contribution in [0.5, 0.6) is 0 Å². The zero-order chi connectivity index (χ0) is 11.9. The van der Waals surface area contributed by atoms with Gasteiger partial charge in [0.25, 0.3) is 0 Å².